The van der Waals surface area contributed by atoms with Gasteiger partial charge in [-0.05, 0) is 43.9 Å². The Morgan fingerprint density at radius 3 is 2.25 bits per heavy atom. The Balaban J connectivity index is 1.47. The Hall–Kier alpha value is -5.24. The van der Waals surface area contributed by atoms with Crippen LogP contribution in [0, 0.1) is 38.0 Å². The summed E-state index contributed by atoms with van der Waals surface area (Å²) in [6, 6.07) is 5.10. The zero-order chi connectivity index (χ0) is 31.8. The number of Topliss-reactive ketones (excluding diaryl/α,β-unsaturated/α-hetero) is 1. The van der Waals surface area contributed by atoms with E-state index in [1.165, 1.54) is 32.0 Å². The first-order valence-corrected chi connectivity index (χ1v) is 13.8. The number of hydrogen-bond acceptors (Lipinski definition) is 11. The SMILES string of the molecule is CC1=CC(=O)C2=C(C1=O)C(c1ccc(CO)o1)C1=CCC3C(=O)N(c4cc([N+](=O)[O-])c(N(C)C)c([N+](=O)[O-])c4)C(=O)C3C1C2. The first-order chi connectivity index (χ1) is 20.8. The number of nitro groups is 2. The van der Waals surface area contributed by atoms with Crippen molar-refractivity contribution >= 4 is 46.1 Å². The lowest BCUT2D eigenvalue weighted by Gasteiger charge is -2.41. The number of rotatable bonds is 6. The van der Waals surface area contributed by atoms with Crippen LogP contribution < -0.4 is 9.80 Å². The number of fused-ring (bicyclic) bond motifs is 3. The van der Waals surface area contributed by atoms with Gasteiger partial charge in [0.25, 0.3) is 0 Å². The smallest absolute Gasteiger partial charge is 0.301 e. The standard InChI is InChI=1S/C30H26N4O10/c1-13-8-22(36)19-11-18-16(25(26(19)28(13)37)23-7-4-15(12-35)44-23)5-6-17-24(18)30(39)32(29(17)38)14-9-20(33(40)41)27(31(2)3)21(10-14)34(42)43/h4-5,7-10,17-18,24-25,35H,6,11-12H2,1-3H3. The molecule has 6 rings (SSSR count). The molecule has 2 aromatic rings. The summed E-state index contributed by atoms with van der Waals surface area (Å²) in [6.07, 6.45) is 3.09. The predicted octanol–water partition coefficient (Wildman–Crippen LogP) is 3.29. The molecule has 0 saturated carbocycles. The van der Waals surface area contributed by atoms with Crippen LogP contribution in [0.2, 0.25) is 0 Å². The highest BCUT2D eigenvalue weighted by molar-refractivity contribution is 6.25. The summed E-state index contributed by atoms with van der Waals surface area (Å²) in [5, 5.41) is 33.5. The number of benzene rings is 1. The molecule has 1 N–H and O–H groups in total. The Labute approximate surface area is 249 Å². The Morgan fingerprint density at radius 2 is 1.68 bits per heavy atom. The number of anilines is 2. The molecule has 226 valence electrons. The number of furan rings is 1. The van der Waals surface area contributed by atoms with E-state index >= 15 is 0 Å². The topological polar surface area (TPSA) is 194 Å². The number of nitro benzene ring substituents is 2. The van der Waals surface area contributed by atoms with Gasteiger partial charge >= 0.3 is 11.4 Å². The summed E-state index contributed by atoms with van der Waals surface area (Å²) in [5.41, 5.74) is -0.578. The number of hydrogen-bond donors (Lipinski definition) is 1. The molecule has 14 nitrogen and oxygen atoms in total. The number of amides is 2. The number of allylic oxidation sites excluding steroid dienone is 6. The van der Waals surface area contributed by atoms with Gasteiger partial charge in [-0.15, -0.1) is 0 Å². The van der Waals surface area contributed by atoms with Crippen molar-refractivity contribution in [1.29, 1.82) is 0 Å². The molecule has 44 heavy (non-hydrogen) atoms. The van der Waals surface area contributed by atoms with E-state index in [1.807, 2.05) is 0 Å². The Kier molecular flexibility index (Phi) is 6.68. The lowest BCUT2D eigenvalue weighted by atomic mass is 9.60. The molecule has 0 spiro atoms. The molecule has 3 aliphatic carbocycles. The van der Waals surface area contributed by atoms with Crippen LogP contribution >= 0.6 is 0 Å². The number of aliphatic hydroxyl groups excluding tert-OH is 1. The van der Waals surface area contributed by atoms with Crippen molar-refractivity contribution in [3.63, 3.8) is 0 Å². The fraction of sp³-hybridized carbons (Fsp3) is 0.333. The van der Waals surface area contributed by atoms with E-state index in [4.69, 9.17) is 4.42 Å². The summed E-state index contributed by atoms with van der Waals surface area (Å²) in [4.78, 5) is 78.8. The number of imide groups is 1. The average Bonchev–Trinajstić information content (AvgIpc) is 3.56. The highest BCUT2D eigenvalue weighted by Crippen LogP contribution is 2.56. The normalized spacial score (nSPS) is 24.5. The first kappa shape index (κ1) is 28.9. The third kappa shape index (κ3) is 4.12. The number of carbonyl (C=O) groups is 4. The minimum Gasteiger partial charge on any atom is -0.463 e. The molecule has 1 aromatic carbocycles. The molecule has 0 radical (unpaired) electrons. The molecule has 2 heterocycles. The fourth-order valence-electron chi connectivity index (χ4n) is 7.03. The molecular weight excluding hydrogens is 576 g/mol. The highest BCUT2D eigenvalue weighted by atomic mass is 16.6. The van der Waals surface area contributed by atoms with E-state index in [-0.39, 0.29) is 52.5 Å². The monoisotopic (exact) mass is 602 g/mol. The van der Waals surface area contributed by atoms with Crippen LogP contribution in [0.4, 0.5) is 22.7 Å². The van der Waals surface area contributed by atoms with Crippen molar-refractivity contribution < 1.29 is 38.5 Å². The lowest BCUT2D eigenvalue weighted by Crippen LogP contribution is -2.39. The van der Waals surface area contributed by atoms with Crippen LogP contribution in [0.15, 0.2) is 63.1 Å². The van der Waals surface area contributed by atoms with Gasteiger partial charge in [0.1, 0.15) is 18.1 Å². The maximum Gasteiger partial charge on any atom is 0.301 e. The molecule has 1 fully saturated rings. The van der Waals surface area contributed by atoms with Gasteiger partial charge in [0.05, 0.1) is 33.3 Å². The first-order valence-electron chi connectivity index (χ1n) is 13.8. The zero-order valence-corrected chi connectivity index (χ0v) is 23.8. The minimum atomic E-state index is -1.01. The molecule has 4 aliphatic rings. The third-order valence-corrected chi connectivity index (χ3v) is 8.84. The highest BCUT2D eigenvalue weighted by Gasteiger charge is 2.57. The van der Waals surface area contributed by atoms with Gasteiger partial charge in [-0.3, -0.25) is 39.4 Å². The molecule has 0 bridgehead atoms. The lowest BCUT2D eigenvalue weighted by molar-refractivity contribution is -0.392. The minimum absolute atomic E-state index is 0.00647. The Bertz CT molecular complexity index is 1780. The van der Waals surface area contributed by atoms with E-state index < -0.39 is 69.1 Å². The summed E-state index contributed by atoms with van der Waals surface area (Å²) < 4.78 is 5.84. The van der Waals surface area contributed by atoms with E-state index in [2.05, 4.69) is 0 Å². The van der Waals surface area contributed by atoms with Gasteiger partial charge in [-0.2, -0.15) is 0 Å². The van der Waals surface area contributed by atoms with Gasteiger partial charge in [-0.1, -0.05) is 11.6 Å². The maximum atomic E-state index is 14.1. The van der Waals surface area contributed by atoms with Crippen molar-refractivity contribution in [2.45, 2.75) is 32.3 Å². The maximum absolute atomic E-state index is 14.1. The second kappa shape index (κ2) is 10.2. The second-order valence-electron chi connectivity index (χ2n) is 11.4. The van der Waals surface area contributed by atoms with Gasteiger partial charge in [0.15, 0.2) is 17.3 Å². The number of nitrogens with zero attached hydrogens (tertiary/aromatic N) is 4. The van der Waals surface area contributed by atoms with Crippen molar-refractivity contribution in [3.8, 4) is 0 Å². The van der Waals surface area contributed by atoms with Crippen LogP contribution in [0.5, 0.6) is 0 Å². The molecule has 4 unspecified atom stereocenters. The predicted molar refractivity (Wildman–Crippen MR) is 153 cm³/mol. The van der Waals surface area contributed by atoms with E-state index in [0.29, 0.717) is 11.3 Å². The third-order valence-electron chi connectivity index (χ3n) is 8.84. The number of ketones is 2. The molecular formula is C30H26N4O10. The van der Waals surface area contributed by atoms with Gasteiger partial charge in [0.2, 0.25) is 11.8 Å². The molecule has 1 aliphatic heterocycles. The van der Waals surface area contributed by atoms with Crippen molar-refractivity contribution in [3.05, 3.63) is 90.5 Å². The second-order valence-corrected chi connectivity index (χ2v) is 11.4. The Morgan fingerprint density at radius 1 is 1.02 bits per heavy atom. The number of carbonyl (C=O) groups excluding carboxylic acids is 4. The number of aliphatic hydroxyl groups is 1. The fourth-order valence-corrected chi connectivity index (χ4v) is 7.03. The quantitative estimate of drug-likeness (QED) is 0.168. The van der Waals surface area contributed by atoms with Crippen LogP contribution in [0.25, 0.3) is 0 Å². The van der Waals surface area contributed by atoms with Crippen molar-refractivity contribution in [2.24, 2.45) is 17.8 Å². The van der Waals surface area contributed by atoms with E-state index in [1.54, 1.807) is 18.2 Å². The van der Waals surface area contributed by atoms with Gasteiger partial charge in [-0.25, -0.2) is 4.90 Å². The molecule has 1 saturated heterocycles. The molecule has 2 amide bonds. The van der Waals surface area contributed by atoms with Crippen LogP contribution in [-0.4, -0.2) is 52.4 Å². The largest absolute Gasteiger partial charge is 0.463 e. The van der Waals surface area contributed by atoms with Crippen LogP contribution in [-0.2, 0) is 25.8 Å². The summed E-state index contributed by atoms with van der Waals surface area (Å²) in [5.74, 6) is -5.05. The van der Waals surface area contributed by atoms with E-state index in [9.17, 15) is 44.5 Å². The van der Waals surface area contributed by atoms with Crippen LogP contribution in [0.1, 0.15) is 37.2 Å². The molecule has 14 heteroatoms. The summed E-state index contributed by atoms with van der Waals surface area (Å²) >= 11 is 0. The zero-order valence-electron chi connectivity index (χ0n) is 23.8. The van der Waals surface area contributed by atoms with Crippen molar-refractivity contribution in [2.75, 3.05) is 23.9 Å². The van der Waals surface area contributed by atoms with Gasteiger partial charge in [0, 0.05) is 42.9 Å². The van der Waals surface area contributed by atoms with Gasteiger partial charge < -0.3 is 14.4 Å². The van der Waals surface area contributed by atoms with Crippen LogP contribution in [0.3, 0.4) is 0 Å². The van der Waals surface area contributed by atoms with E-state index in [0.717, 1.165) is 17.0 Å². The van der Waals surface area contributed by atoms with Crippen molar-refractivity contribution in [1.82, 2.24) is 0 Å². The average molecular weight is 603 g/mol. The molecule has 1 aromatic heterocycles. The summed E-state index contributed by atoms with van der Waals surface area (Å²) in [7, 11) is 2.81. The summed E-state index contributed by atoms with van der Waals surface area (Å²) in [6.45, 7) is 1.14. The molecule has 4 atom stereocenters.